The molecule has 1 aliphatic carbocycles. The summed E-state index contributed by atoms with van der Waals surface area (Å²) in [6, 6.07) is 0. The summed E-state index contributed by atoms with van der Waals surface area (Å²) in [6.07, 6.45) is 3.11. The van der Waals surface area contributed by atoms with Crippen LogP contribution in [0, 0.1) is 5.41 Å². The van der Waals surface area contributed by atoms with E-state index in [2.05, 4.69) is 30.6 Å². The van der Waals surface area contributed by atoms with Crippen molar-refractivity contribution in [3.8, 4) is 0 Å². The number of hydrogen-bond acceptors (Lipinski definition) is 4. The second-order valence-corrected chi connectivity index (χ2v) is 5.28. The maximum Gasteiger partial charge on any atom is 0.195 e. The second kappa shape index (κ2) is 2.16. The third-order valence-corrected chi connectivity index (χ3v) is 3.51. The van der Waals surface area contributed by atoms with Gasteiger partial charge >= 0.3 is 0 Å². The Kier molecular flexibility index (Phi) is 1.26. The molecule has 70 valence electrons. The van der Waals surface area contributed by atoms with Crippen LogP contribution < -0.4 is 5.48 Å². The van der Waals surface area contributed by atoms with Gasteiger partial charge in [0, 0.05) is 6.42 Å². The van der Waals surface area contributed by atoms with Gasteiger partial charge in [0.2, 0.25) is 0 Å². The molecule has 5 heteroatoms. The number of allylic oxidation sites excluding steroid dienone is 2. The summed E-state index contributed by atoms with van der Waals surface area (Å²) in [7, 11) is 0. The highest BCUT2D eigenvalue weighted by Gasteiger charge is 2.39. The number of oxime groups is 1. The van der Waals surface area contributed by atoms with Crippen LogP contribution >= 0.6 is 11.0 Å². The van der Waals surface area contributed by atoms with Gasteiger partial charge in [-0.1, -0.05) is 25.1 Å². The van der Waals surface area contributed by atoms with Crippen molar-refractivity contribution in [3.05, 3.63) is 11.8 Å². The Morgan fingerprint density at radius 2 is 2.46 bits per heavy atom. The third-order valence-electron chi connectivity index (χ3n) is 2.27. The molecule has 13 heavy (non-hydrogen) atoms. The van der Waals surface area contributed by atoms with Crippen molar-refractivity contribution in [1.82, 2.24) is 5.48 Å². The Balaban J connectivity index is 2.18. The first kappa shape index (κ1) is 7.58. The summed E-state index contributed by atoms with van der Waals surface area (Å²) in [5.41, 5.74) is 5.09. The van der Waals surface area contributed by atoms with Crippen LogP contribution in [-0.4, -0.2) is 10.6 Å². The molecule has 0 aromatic heterocycles. The molecule has 0 saturated carbocycles. The average molecular weight is 198 g/mol. The topological polar surface area (TPSA) is 42.8 Å². The molecule has 0 bridgehead atoms. The lowest BCUT2D eigenvalue weighted by atomic mass is 9.80. The Morgan fingerprint density at radius 3 is 3.31 bits per heavy atom. The van der Waals surface area contributed by atoms with Gasteiger partial charge in [0.05, 0.1) is 5.70 Å². The number of hydroxylamine groups is 1. The standard InChI is InChI=1S/C8H10N2O2S/c1-8(2)3-5-7-6(4-8)10-12-13(7)11-9-5/h3,9H,4H2,1-2H3. The molecule has 1 N–H and O–H groups in total. The fourth-order valence-electron chi connectivity index (χ4n) is 1.77. The highest BCUT2D eigenvalue weighted by molar-refractivity contribution is 8.09. The Labute approximate surface area is 78.9 Å². The first-order valence-corrected chi connectivity index (χ1v) is 5.26. The van der Waals surface area contributed by atoms with E-state index in [1.54, 1.807) is 0 Å². The predicted molar refractivity (Wildman–Crippen MR) is 51.8 cm³/mol. The fraction of sp³-hybridized carbons (Fsp3) is 0.500. The zero-order chi connectivity index (χ0) is 9.05. The van der Waals surface area contributed by atoms with Crippen LogP contribution in [-0.2, 0) is 8.57 Å². The minimum atomic E-state index is -0.576. The second-order valence-electron chi connectivity index (χ2n) is 4.09. The van der Waals surface area contributed by atoms with Gasteiger partial charge in [-0.05, 0) is 5.41 Å². The molecule has 3 aliphatic rings. The summed E-state index contributed by atoms with van der Waals surface area (Å²) in [5, 5.41) is 4.02. The quantitative estimate of drug-likeness (QED) is 0.600. The van der Waals surface area contributed by atoms with Gasteiger partial charge in [0.25, 0.3) is 0 Å². The van der Waals surface area contributed by atoms with E-state index in [-0.39, 0.29) is 5.41 Å². The molecule has 1 unspecified atom stereocenters. The molecule has 0 spiro atoms. The van der Waals surface area contributed by atoms with E-state index in [1.165, 1.54) is 0 Å². The molecule has 0 fully saturated rings. The Bertz CT molecular complexity index is 382. The highest BCUT2D eigenvalue weighted by atomic mass is 32.2. The van der Waals surface area contributed by atoms with Crippen LogP contribution in [0.25, 0.3) is 0 Å². The first-order valence-electron chi connectivity index (χ1n) is 4.18. The summed E-state index contributed by atoms with van der Waals surface area (Å²) in [4.78, 5) is 1.11. The van der Waals surface area contributed by atoms with Crippen LogP contribution in [0.3, 0.4) is 0 Å². The highest BCUT2D eigenvalue weighted by Crippen LogP contribution is 2.41. The molecule has 0 saturated heterocycles. The van der Waals surface area contributed by atoms with Crippen LogP contribution in [0.2, 0.25) is 0 Å². The summed E-state index contributed by atoms with van der Waals surface area (Å²) < 4.78 is 10.4. The summed E-state index contributed by atoms with van der Waals surface area (Å²) in [5.74, 6) is 0. The molecule has 3 rings (SSSR count). The van der Waals surface area contributed by atoms with E-state index in [0.29, 0.717) is 0 Å². The van der Waals surface area contributed by atoms with E-state index >= 15 is 0 Å². The van der Waals surface area contributed by atoms with E-state index < -0.39 is 11.0 Å². The van der Waals surface area contributed by atoms with Gasteiger partial charge in [-0.3, -0.25) is 5.48 Å². The van der Waals surface area contributed by atoms with Crippen LogP contribution in [0.5, 0.6) is 0 Å². The van der Waals surface area contributed by atoms with E-state index in [1.807, 2.05) is 0 Å². The third kappa shape index (κ3) is 0.971. The van der Waals surface area contributed by atoms with Crippen molar-refractivity contribution < 1.29 is 8.57 Å². The molecule has 1 atom stereocenters. The van der Waals surface area contributed by atoms with E-state index in [9.17, 15) is 0 Å². The molecule has 2 aliphatic heterocycles. The molecule has 0 aromatic carbocycles. The first-order chi connectivity index (χ1) is 6.16. The van der Waals surface area contributed by atoms with Gasteiger partial charge in [0.15, 0.2) is 11.0 Å². The van der Waals surface area contributed by atoms with E-state index in [4.69, 9.17) is 8.57 Å². The van der Waals surface area contributed by atoms with Crippen molar-refractivity contribution in [2.75, 3.05) is 0 Å². The lowest BCUT2D eigenvalue weighted by Gasteiger charge is -2.25. The van der Waals surface area contributed by atoms with Gasteiger partial charge in [-0.2, -0.15) is 4.28 Å². The van der Waals surface area contributed by atoms with E-state index in [0.717, 1.165) is 22.7 Å². The van der Waals surface area contributed by atoms with Gasteiger partial charge in [-0.15, -0.1) is 0 Å². The molecule has 0 radical (unpaired) electrons. The largest absolute Gasteiger partial charge is 0.300 e. The molecule has 0 aromatic rings. The normalized spacial score (nSPS) is 33.1. The Hall–Kier alpha value is -0.810. The average Bonchev–Trinajstić information content (AvgIpc) is 2.56. The summed E-state index contributed by atoms with van der Waals surface area (Å²) in [6.45, 7) is 4.35. The van der Waals surface area contributed by atoms with Crippen molar-refractivity contribution in [1.29, 1.82) is 0 Å². The number of rotatable bonds is 0. The number of hydrogen-bond donors (Lipinski definition) is 1. The smallest absolute Gasteiger partial charge is 0.195 e. The molecular formula is C8H10N2O2S. The van der Waals surface area contributed by atoms with Gasteiger partial charge < -0.3 is 4.28 Å². The minimum absolute atomic E-state index is 0.140. The fourth-order valence-corrected chi connectivity index (χ4v) is 2.86. The maximum atomic E-state index is 5.22. The Morgan fingerprint density at radius 1 is 1.62 bits per heavy atom. The molecule has 4 nitrogen and oxygen atoms in total. The minimum Gasteiger partial charge on any atom is -0.300 e. The van der Waals surface area contributed by atoms with Crippen molar-refractivity contribution in [2.24, 2.45) is 10.6 Å². The van der Waals surface area contributed by atoms with Gasteiger partial charge in [0.1, 0.15) is 10.6 Å². The maximum absolute atomic E-state index is 5.22. The van der Waals surface area contributed by atoms with Crippen LogP contribution in [0.1, 0.15) is 20.3 Å². The molecular weight excluding hydrogens is 188 g/mol. The number of nitrogens with one attached hydrogen (secondary N) is 1. The van der Waals surface area contributed by atoms with Crippen LogP contribution in [0.4, 0.5) is 0 Å². The predicted octanol–water partition coefficient (Wildman–Crippen LogP) is 1.49. The molecule has 0 amide bonds. The lowest BCUT2D eigenvalue weighted by Crippen LogP contribution is -2.30. The van der Waals surface area contributed by atoms with Crippen LogP contribution in [0.15, 0.2) is 16.9 Å². The van der Waals surface area contributed by atoms with Crippen molar-refractivity contribution in [3.63, 3.8) is 0 Å². The summed E-state index contributed by atoms with van der Waals surface area (Å²) >= 11 is -0.576. The van der Waals surface area contributed by atoms with Crippen molar-refractivity contribution >= 4 is 21.6 Å². The van der Waals surface area contributed by atoms with Crippen molar-refractivity contribution in [2.45, 2.75) is 20.3 Å². The van der Waals surface area contributed by atoms with Gasteiger partial charge in [-0.25, -0.2) is 0 Å². The zero-order valence-electron chi connectivity index (χ0n) is 7.46. The zero-order valence-corrected chi connectivity index (χ0v) is 8.27. The SMILES string of the molecule is CC1(C)C=C2NOS3=C2C(=NO3)C1. The number of nitrogens with zero attached hydrogens (tertiary/aromatic N) is 1. The monoisotopic (exact) mass is 198 g/mol. The lowest BCUT2D eigenvalue weighted by molar-refractivity contribution is 0.238. The molecule has 2 heterocycles.